The quantitative estimate of drug-likeness (QED) is 0.518. The number of alkyl halides is 1. The Morgan fingerprint density at radius 2 is 2.33 bits per heavy atom. The van der Waals surface area contributed by atoms with E-state index in [4.69, 9.17) is 21.1 Å². The number of hydrogen-bond donors (Lipinski definition) is 0. The van der Waals surface area contributed by atoms with Gasteiger partial charge in [0.2, 0.25) is 0 Å². The first-order valence-electron chi connectivity index (χ1n) is 5.16. The van der Waals surface area contributed by atoms with Crippen molar-refractivity contribution in [2.24, 2.45) is 17.8 Å². The minimum absolute atomic E-state index is 0.0611. The van der Waals surface area contributed by atoms with E-state index in [0.717, 1.165) is 12.8 Å². The van der Waals surface area contributed by atoms with Gasteiger partial charge in [-0.1, -0.05) is 0 Å². The first kappa shape index (κ1) is 9.46. The van der Waals surface area contributed by atoms with E-state index in [-0.39, 0.29) is 35.9 Å². The predicted octanol–water partition coefficient (Wildman–Crippen LogP) is 0.718. The minimum Gasteiger partial charge on any atom is -0.458 e. The largest absolute Gasteiger partial charge is 0.458 e. The van der Waals surface area contributed by atoms with Crippen molar-refractivity contribution in [3.8, 4) is 0 Å². The molecule has 0 radical (unpaired) electrons. The van der Waals surface area contributed by atoms with Crippen LogP contribution in [0.15, 0.2) is 0 Å². The monoisotopic (exact) mass is 230 g/mol. The first-order valence-corrected chi connectivity index (χ1v) is 5.70. The normalized spacial score (nSPS) is 45.7. The maximum absolute atomic E-state index is 11.4. The molecular weight excluding hydrogens is 220 g/mol. The summed E-state index contributed by atoms with van der Waals surface area (Å²) in [5.74, 6) is -0.0475. The Bertz CT molecular complexity index is 329. The van der Waals surface area contributed by atoms with Crippen LogP contribution in [0.2, 0.25) is 0 Å². The van der Waals surface area contributed by atoms with Gasteiger partial charge < -0.3 is 9.47 Å². The van der Waals surface area contributed by atoms with Crippen LogP contribution in [0.3, 0.4) is 0 Å². The van der Waals surface area contributed by atoms with Crippen LogP contribution in [0, 0.1) is 17.8 Å². The number of ether oxygens (including phenoxy) is 2. The molecule has 1 saturated heterocycles. The van der Waals surface area contributed by atoms with Crippen molar-refractivity contribution in [1.29, 1.82) is 0 Å². The van der Waals surface area contributed by atoms with Gasteiger partial charge in [0.1, 0.15) is 18.1 Å². The van der Waals surface area contributed by atoms with Crippen molar-refractivity contribution in [2.45, 2.75) is 25.0 Å². The summed E-state index contributed by atoms with van der Waals surface area (Å²) in [6, 6.07) is 0. The number of esters is 2. The van der Waals surface area contributed by atoms with E-state index in [9.17, 15) is 9.59 Å². The van der Waals surface area contributed by atoms with Crippen molar-refractivity contribution in [1.82, 2.24) is 0 Å². The molecule has 5 unspecified atom stereocenters. The predicted molar refractivity (Wildman–Crippen MR) is 50.2 cm³/mol. The highest BCUT2D eigenvalue weighted by atomic mass is 35.5. The van der Waals surface area contributed by atoms with Gasteiger partial charge in [-0.25, -0.2) is 0 Å². The van der Waals surface area contributed by atoms with Crippen LogP contribution in [0.1, 0.15) is 12.8 Å². The maximum Gasteiger partial charge on any atom is 0.321 e. The van der Waals surface area contributed by atoms with Gasteiger partial charge in [0.05, 0.1) is 5.92 Å². The van der Waals surface area contributed by atoms with Crippen LogP contribution < -0.4 is 0 Å². The third-order valence-electron chi connectivity index (χ3n) is 3.79. The Kier molecular flexibility index (Phi) is 1.96. The molecule has 0 N–H and O–H groups in total. The number of carbonyl (C=O) groups is 2. The molecule has 2 bridgehead atoms. The molecule has 5 atom stereocenters. The zero-order valence-electron chi connectivity index (χ0n) is 8.02. The Hall–Kier alpha value is -0.770. The fraction of sp³-hybridized carbons (Fsp3) is 0.800. The summed E-state index contributed by atoms with van der Waals surface area (Å²) < 4.78 is 10.5. The second-order valence-electron chi connectivity index (χ2n) is 4.49. The zero-order valence-corrected chi connectivity index (χ0v) is 8.77. The maximum atomic E-state index is 11.4. The van der Waals surface area contributed by atoms with Gasteiger partial charge in [-0.2, -0.15) is 0 Å². The van der Waals surface area contributed by atoms with E-state index in [0.29, 0.717) is 5.92 Å². The van der Waals surface area contributed by atoms with E-state index in [1.165, 1.54) is 0 Å². The van der Waals surface area contributed by atoms with Crippen LogP contribution in [0.25, 0.3) is 0 Å². The van der Waals surface area contributed by atoms with Crippen LogP contribution >= 0.6 is 11.6 Å². The standard InChI is InChI=1S/C10H11ClO4/c11-3-7(12)14-8-4-1-5-6(2-4)10(13)15-9(5)8/h4-6,8-9H,1-3H2. The topological polar surface area (TPSA) is 52.6 Å². The van der Waals surface area contributed by atoms with Crippen molar-refractivity contribution in [3.05, 3.63) is 0 Å². The summed E-state index contributed by atoms with van der Waals surface area (Å²) in [5, 5.41) is 0. The van der Waals surface area contributed by atoms with Crippen molar-refractivity contribution < 1.29 is 19.1 Å². The summed E-state index contributed by atoms with van der Waals surface area (Å²) in [7, 11) is 0. The van der Waals surface area contributed by atoms with Gasteiger partial charge in [-0.05, 0) is 12.8 Å². The van der Waals surface area contributed by atoms with Crippen LogP contribution in [-0.4, -0.2) is 30.0 Å². The molecule has 0 aromatic carbocycles. The lowest BCUT2D eigenvalue weighted by Gasteiger charge is -2.24. The number of rotatable bonds is 2. The van der Waals surface area contributed by atoms with E-state index in [2.05, 4.69) is 0 Å². The smallest absolute Gasteiger partial charge is 0.321 e. The van der Waals surface area contributed by atoms with Gasteiger partial charge in [0.25, 0.3) is 0 Å². The van der Waals surface area contributed by atoms with E-state index < -0.39 is 5.97 Å². The molecule has 0 spiro atoms. The lowest BCUT2D eigenvalue weighted by Crippen LogP contribution is -2.36. The van der Waals surface area contributed by atoms with Crippen molar-refractivity contribution >= 4 is 23.5 Å². The molecule has 5 heteroatoms. The molecule has 3 fully saturated rings. The van der Waals surface area contributed by atoms with Crippen LogP contribution in [-0.2, 0) is 19.1 Å². The summed E-state index contributed by atoms with van der Waals surface area (Å²) >= 11 is 5.38. The number of halogens is 1. The molecular formula is C10H11ClO4. The lowest BCUT2D eigenvalue weighted by molar-refractivity contribution is -0.159. The summed E-state index contributed by atoms with van der Waals surface area (Å²) in [5.41, 5.74) is 0. The van der Waals surface area contributed by atoms with E-state index in [1.807, 2.05) is 0 Å². The Morgan fingerprint density at radius 1 is 1.53 bits per heavy atom. The van der Waals surface area contributed by atoms with Gasteiger partial charge in [-0.3, -0.25) is 9.59 Å². The molecule has 15 heavy (non-hydrogen) atoms. The van der Waals surface area contributed by atoms with Crippen molar-refractivity contribution in [3.63, 3.8) is 0 Å². The summed E-state index contributed by atoms with van der Waals surface area (Å²) in [6.45, 7) is 0. The minimum atomic E-state index is -0.422. The van der Waals surface area contributed by atoms with Gasteiger partial charge in [0.15, 0.2) is 0 Å². The highest BCUT2D eigenvalue weighted by Crippen LogP contribution is 2.55. The van der Waals surface area contributed by atoms with Gasteiger partial charge >= 0.3 is 11.9 Å². The summed E-state index contributed by atoms with van der Waals surface area (Å²) in [6.07, 6.45) is 1.30. The number of hydrogen-bond acceptors (Lipinski definition) is 4. The Labute approximate surface area is 91.9 Å². The molecule has 82 valence electrons. The SMILES string of the molecule is O=C(CCl)OC1C2CC3C(=O)OC1C3C2. The molecule has 1 aliphatic heterocycles. The average Bonchev–Trinajstić information content (AvgIpc) is 2.81. The molecule has 0 aromatic heterocycles. The zero-order chi connectivity index (χ0) is 10.6. The van der Waals surface area contributed by atoms with Crippen LogP contribution in [0.5, 0.6) is 0 Å². The lowest BCUT2D eigenvalue weighted by atomic mass is 9.88. The number of carbonyl (C=O) groups excluding carboxylic acids is 2. The third-order valence-corrected chi connectivity index (χ3v) is 4.01. The molecule has 2 saturated carbocycles. The second kappa shape index (κ2) is 3.11. The highest BCUT2D eigenvalue weighted by molar-refractivity contribution is 6.26. The third kappa shape index (κ3) is 1.20. The Balaban J connectivity index is 1.78. The molecule has 2 aliphatic carbocycles. The molecule has 0 aromatic rings. The average molecular weight is 231 g/mol. The molecule has 3 aliphatic rings. The summed E-state index contributed by atoms with van der Waals surface area (Å²) in [4.78, 5) is 22.5. The van der Waals surface area contributed by atoms with E-state index in [1.54, 1.807) is 0 Å². The first-order chi connectivity index (χ1) is 7.20. The van der Waals surface area contributed by atoms with Gasteiger partial charge in [0, 0.05) is 11.8 Å². The Morgan fingerprint density at radius 3 is 3.07 bits per heavy atom. The van der Waals surface area contributed by atoms with Crippen LogP contribution in [0.4, 0.5) is 0 Å². The van der Waals surface area contributed by atoms with E-state index >= 15 is 0 Å². The molecule has 4 nitrogen and oxygen atoms in total. The highest BCUT2D eigenvalue weighted by Gasteiger charge is 2.63. The molecule has 0 amide bonds. The number of fused-ring (bicyclic) bond motifs is 1. The van der Waals surface area contributed by atoms with Gasteiger partial charge in [-0.15, -0.1) is 11.6 Å². The van der Waals surface area contributed by atoms with Crippen molar-refractivity contribution in [2.75, 3.05) is 5.88 Å². The second-order valence-corrected chi connectivity index (χ2v) is 4.76. The fourth-order valence-corrected chi connectivity index (χ4v) is 3.31. The fourth-order valence-electron chi connectivity index (χ4n) is 3.25. The molecule has 3 rings (SSSR count). The molecule has 1 heterocycles.